The maximum Gasteiger partial charge on any atom is 0.250 e. The van der Waals surface area contributed by atoms with Gasteiger partial charge in [0.1, 0.15) is 11.3 Å². The van der Waals surface area contributed by atoms with Crippen molar-refractivity contribution < 1.29 is 19.1 Å². The summed E-state index contributed by atoms with van der Waals surface area (Å²) in [6.07, 6.45) is 0.199. The lowest BCUT2D eigenvalue weighted by Crippen LogP contribution is -2.52. The summed E-state index contributed by atoms with van der Waals surface area (Å²) in [4.78, 5) is 38.5. The number of ether oxygens (including phenoxy) is 1. The molecular weight excluding hydrogens is 455 g/mol. The highest BCUT2D eigenvalue weighted by molar-refractivity contribution is 6.31. The number of hydrogen-bond donors (Lipinski definition) is 4. The van der Waals surface area contributed by atoms with Crippen LogP contribution in [0, 0.1) is 12.8 Å². The van der Waals surface area contributed by atoms with Gasteiger partial charge in [-0.15, -0.1) is 0 Å². The van der Waals surface area contributed by atoms with Crippen LogP contribution in [0.4, 0.5) is 11.4 Å². The summed E-state index contributed by atoms with van der Waals surface area (Å²) >= 11 is 12.4. The first-order valence-corrected chi connectivity index (χ1v) is 10.7. The Labute approximate surface area is 194 Å². The fourth-order valence-electron chi connectivity index (χ4n) is 4.67. The average Bonchev–Trinajstić information content (AvgIpc) is 3.21. The molecule has 0 saturated carbocycles. The zero-order valence-corrected chi connectivity index (χ0v) is 18.9. The molecule has 0 radical (unpaired) electrons. The van der Waals surface area contributed by atoms with E-state index in [0.717, 1.165) is 5.56 Å². The van der Waals surface area contributed by atoms with Crippen molar-refractivity contribution in [2.75, 3.05) is 17.7 Å². The maximum atomic E-state index is 13.5. The molecule has 2 aliphatic rings. The molecule has 3 atom stereocenters. The highest BCUT2D eigenvalue weighted by atomic mass is 35.5. The molecule has 10 heteroatoms. The third-order valence-corrected chi connectivity index (χ3v) is 6.43. The van der Waals surface area contributed by atoms with Crippen molar-refractivity contribution in [2.24, 2.45) is 11.7 Å². The third kappa shape index (κ3) is 3.68. The molecule has 0 unspecified atom stereocenters. The molecule has 2 heterocycles. The molecule has 0 aliphatic carbocycles. The van der Waals surface area contributed by atoms with Gasteiger partial charge in [0.05, 0.1) is 18.7 Å². The molecule has 4 rings (SSSR count). The van der Waals surface area contributed by atoms with E-state index in [1.165, 1.54) is 7.11 Å². The molecule has 8 nitrogen and oxygen atoms in total. The monoisotopic (exact) mass is 476 g/mol. The molecule has 1 spiro atoms. The van der Waals surface area contributed by atoms with Gasteiger partial charge in [-0.3, -0.25) is 19.7 Å². The summed E-state index contributed by atoms with van der Waals surface area (Å²) in [5, 5.41) is 9.79. The molecule has 2 aliphatic heterocycles. The summed E-state index contributed by atoms with van der Waals surface area (Å²) in [5.41, 5.74) is 6.32. The Morgan fingerprint density at radius 1 is 1.25 bits per heavy atom. The van der Waals surface area contributed by atoms with Gasteiger partial charge in [-0.25, -0.2) is 0 Å². The Balaban J connectivity index is 1.78. The van der Waals surface area contributed by atoms with Crippen LogP contribution in [-0.4, -0.2) is 30.9 Å². The van der Waals surface area contributed by atoms with Crippen LogP contribution >= 0.6 is 23.2 Å². The standard InChI is InChI=1S/C22H22Cl2N4O4/c1-10-5-12(24)6-14-19(10)27-21(31)22(14)15(8-13(28-22)9-18(25)29)20(30)26-16-7-11(23)3-4-17(16)32-2/h3-7,13,15,28H,8-9H2,1-2H3,(H2,25,29)(H,26,30)(H,27,31)/t13-,15+,22+/m1/s1. The minimum Gasteiger partial charge on any atom is -0.495 e. The van der Waals surface area contributed by atoms with Gasteiger partial charge in [-0.2, -0.15) is 0 Å². The summed E-state index contributed by atoms with van der Waals surface area (Å²) in [5.74, 6) is -1.77. The second-order valence-corrected chi connectivity index (χ2v) is 8.91. The first-order chi connectivity index (χ1) is 15.1. The van der Waals surface area contributed by atoms with Crippen molar-refractivity contribution >= 4 is 52.3 Å². The number of methoxy groups -OCH3 is 1. The molecule has 32 heavy (non-hydrogen) atoms. The normalized spacial score (nSPS) is 23.7. The lowest BCUT2D eigenvalue weighted by atomic mass is 9.79. The highest BCUT2D eigenvalue weighted by Gasteiger charge is 2.60. The number of hydrogen-bond acceptors (Lipinski definition) is 5. The van der Waals surface area contributed by atoms with Crippen molar-refractivity contribution in [3.63, 3.8) is 0 Å². The van der Waals surface area contributed by atoms with Crippen molar-refractivity contribution in [3.05, 3.63) is 51.5 Å². The zero-order chi connectivity index (χ0) is 23.2. The molecule has 5 N–H and O–H groups in total. The van der Waals surface area contributed by atoms with Crippen LogP contribution in [-0.2, 0) is 19.9 Å². The molecule has 2 aromatic carbocycles. The van der Waals surface area contributed by atoms with Gasteiger partial charge in [-0.1, -0.05) is 23.2 Å². The van der Waals surface area contributed by atoms with Crippen LogP contribution in [0.1, 0.15) is 24.0 Å². The molecule has 2 aromatic rings. The molecule has 168 valence electrons. The Morgan fingerprint density at radius 3 is 2.69 bits per heavy atom. The lowest BCUT2D eigenvalue weighted by Gasteiger charge is -2.29. The largest absolute Gasteiger partial charge is 0.495 e. The number of nitrogens with two attached hydrogens (primary N) is 1. The summed E-state index contributed by atoms with van der Waals surface area (Å²) < 4.78 is 5.32. The van der Waals surface area contributed by atoms with Crippen LogP contribution in [0.3, 0.4) is 0 Å². The predicted molar refractivity (Wildman–Crippen MR) is 122 cm³/mol. The number of aryl methyl sites for hydroxylation is 1. The van der Waals surface area contributed by atoms with Gasteiger partial charge >= 0.3 is 0 Å². The van der Waals surface area contributed by atoms with Crippen molar-refractivity contribution in [1.82, 2.24) is 5.32 Å². The minimum atomic E-state index is -1.40. The van der Waals surface area contributed by atoms with Crippen LogP contribution < -0.4 is 26.4 Å². The smallest absolute Gasteiger partial charge is 0.250 e. The lowest BCUT2D eigenvalue weighted by molar-refractivity contribution is -0.130. The van der Waals surface area contributed by atoms with E-state index in [1.54, 1.807) is 30.3 Å². The van der Waals surface area contributed by atoms with E-state index in [0.29, 0.717) is 32.7 Å². The van der Waals surface area contributed by atoms with Crippen LogP contribution in [0.25, 0.3) is 0 Å². The van der Waals surface area contributed by atoms with Crippen molar-refractivity contribution in [3.8, 4) is 5.75 Å². The van der Waals surface area contributed by atoms with Crippen LogP contribution in [0.2, 0.25) is 10.0 Å². The number of benzene rings is 2. The predicted octanol–water partition coefficient (Wildman–Crippen LogP) is 2.95. The van der Waals surface area contributed by atoms with Crippen molar-refractivity contribution in [2.45, 2.75) is 31.3 Å². The van der Waals surface area contributed by atoms with E-state index < -0.39 is 29.3 Å². The van der Waals surface area contributed by atoms with Crippen molar-refractivity contribution in [1.29, 1.82) is 0 Å². The minimum absolute atomic E-state index is 0.0197. The van der Waals surface area contributed by atoms with Gasteiger partial charge in [-0.05, 0) is 49.2 Å². The molecule has 3 amide bonds. The first-order valence-electron chi connectivity index (χ1n) is 9.98. The van der Waals surface area contributed by atoms with E-state index >= 15 is 0 Å². The average molecular weight is 477 g/mol. The van der Waals surface area contributed by atoms with E-state index in [1.807, 2.05) is 6.92 Å². The quantitative estimate of drug-likeness (QED) is 0.528. The molecule has 0 aromatic heterocycles. The topological polar surface area (TPSA) is 123 Å². The number of primary amides is 1. The Kier molecular flexibility index (Phi) is 5.79. The summed E-state index contributed by atoms with van der Waals surface area (Å²) in [7, 11) is 1.48. The number of carbonyl (C=O) groups is 3. The Hall–Kier alpha value is -2.81. The fraction of sp³-hybridized carbons (Fsp3) is 0.318. The molecule has 1 fully saturated rings. The van der Waals surface area contributed by atoms with Gasteiger partial charge < -0.3 is 21.1 Å². The maximum absolute atomic E-state index is 13.5. The number of amides is 3. The zero-order valence-electron chi connectivity index (χ0n) is 17.4. The second-order valence-electron chi connectivity index (χ2n) is 8.04. The van der Waals surface area contributed by atoms with E-state index in [9.17, 15) is 14.4 Å². The van der Waals surface area contributed by atoms with E-state index in [4.69, 9.17) is 33.7 Å². The molecular formula is C22H22Cl2N4O4. The number of anilines is 2. The summed E-state index contributed by atoms with van der Waals surface area (Å²) in [6, 6.07) is 7.78. The fourth-order valence-corrected chi connectivity index (χ4v) is 5.11. The van der Waals surface area contributed by atoms with Crippen LogP contribution in [0.15, 0.2) is 30.3 Å². The number of nitrogens with one attached hydrogen (secondary N) is 3. The molecule has 1 saturated heterocycles. The number of carbonyl (C=O) groups excluding carboxylic acids is 3. The summed E-state index contributed by atoms with van der Waals surface area (Å²) in [6.45, 7) is 1.83. The second kappa shape index (κ2) is 8.27. The number of fused-ring (bicyclic) bond motifs is 2. The van der Waals surface area contributed by atoms with E-state index in [2.05, 4.69) is 16.0 Å². The Bertz CT molecular complexity index is 1140. The highest BCUT2D eigenvalue weighted by Crippen LogP contribution is 2.49. The molecule has 0 bridgehead atoms. The SMILES string of the molecule is COc1ccc(Cl)cc1NC(=O)[C@@H]1C[C@H](CC(N)=O)N[C@]12C(=O)Nc1c(C)cc(Cl)cc12. The van der Waals surface area contributed by atoms with Gasteiger partial charge in [0.15, 0.2) is 0 Å². The van der Waals surface area contributed by atoms with E-state index in [-0.39, 0.29) is 18.7 Å². The first kappa shape index (κ1) is 22.4. The Morgan fingerprint density at radius 2 is 2.00 bits per heavy atom. The number of rotatable bonds is 5. The van der Waals surface area contributed by atoms with Crippen LogP contribution in [0.5, 0.6) is 5.75 Å². The third-order valence-electron chi connectivity index (χ3n) is 5.98. The van der Waals surface area contributed by atoms with Gasteiger partial charge in [0, 0.05) is 33.8 Å². The van der Waals surface area contributed by atoms with Gasteiger partial charge in [0.2, 0.25) is 17.7 Å². The van der Waals surface area contributed by atoms with Gasteiger partial charge in [0.25, 0.3) is 0 Å². The number of halogens is 2.